The number of halogens is 4. The fraction of sp³-hybridized carbons (Fsp3) is 0.529. The molecule has 1 unspecified atom stereocenters. The molecule has 4 rings (SSSR count). The van der Waals surface area contributed by atoms with Gasteiger partial charge in [-0.05, 0) is 31.5 Å². The molecule has 2 fully saturated rings. The molecule has 1 saturated heterocycles. The highest BCUT2D eigenvalue weighted by atomic mass is 35.5. The first-order valence-electron chi connectivity index (χ1n) is 8.33. The van der Waals surface area contributed by atoms with Crippen molar-refractivity contribution in [2.45, 2.75) is 30.5 Å². The van der Waals surface area contributed by atoms with E-state index in [-0.39, 0.29) is 18.4 Å². The van der Waals surface area contributed by atoms with E-state index in [0.717, 1.165) is 25.7 Å². The summed E-state index contributed by atoms with van der Waals surface area (Å²) in [5, 5.41) is 7.40. The van der Waals surface area contributed by atoms with Crippen LogP contribution in [-0.4, -0.2) is 41.7 Å². The van der Waals surface area contributed by atoms with Gasteiger partial charge in [0.1, 0.15) is 0 Å². The normalized spacial score (nSPS) is 22.7. The molecular formula is C17H20ClF3N4O. The molecule has 1 aromatic carbocycles. The number of nitrogens with zero attached hydrogens (tertiary/aromatic N) is 3. The number of likely N-dealkylation sites (N-methyl/N-ethyl adjacent to an activating group) is 1. The molecule has 2 heterocycles. The minimum absolute atomic E-state index is 0. The van der Waals surface area contributed by atoms with Gasteiger partial charge in [0.05, 0.1) is 17.0 Å². The SMILES string of the molecule is CN1CCNCC1c1noc(C2(c3cccc(C(F)(F)F)c3)CC2)n1.Cl. The van der Waals surface area contributed by atoms with Crippen molar-refractivity contribution in [3.8, 4) is 0 Å². The van der Waals surface area contributed by atoms with Crippen molar-refractivity contribution < 1.29 is 17.7 Å². The van der Waals surface area contributed by atoms with Crippen LogP contribution in [0.3, 0.4) is 0 Å². The third-order valence-corrected chi connectivity index (χ3v) is 5.15. The first-order valence-corrected chi connectivity index (χ1v) is 8.33. The Morgan fingerprint density at radius 1 is 1.31 bits per heavy atom. The summed E-state index contributed by atoms with van der Waals surface area (Å²) in [4.78, 5) is 6.69. The van der Waals surface area contributed by atoms with E-state index >= 15 is 0 Å². The van der Waals surface area contributed by atoms with E-state index in [2.05, 4.69) is 20.4 Å². The van der Waals surface area contributed by atoms with Crippen LogP contribution < -0.4 is 5.32 Å². The lowest BCUT2D eigenvalue weighted by Gasteiger charge is -2.30. The van der Waals surface area contributed by atoms with Gasteiger partial charge in [-0.2, -0.15) is 18.2 Å². The Balaban J connectivity index is 0.00000196. The van der Waals surface area contributed by atoms with Crippen molar-refractivity contribution >= 4 is 12.4 Å². The quantitative estimate of drug-likeness (QED) is 0.875. The van der Waals surface area contributed by atoms with Gasteiger partial charge < -0.3 is 9.84 Å². The fourth-order valence-corrected chi connectivity index (χ4v) is 3.40. The van der Waals surface area contributed by atoms with Crippen LogP contribution in [-0.2, 0) is 11.6 Å². The molecule has 1 aromatic heterocycles. The number of rotatable bonds is 3. The highest BCUT2D eigenvalue weighted by Crippen LogP contribution is 2.53. The number of benzene rings is 1. The Morgan fingerprint density at radius 3 is 2.73 bits per heavy atom. The number of hydrogen-bond acceptors (Lipinski definition) is 5. The van der Waals surface area contributed by atoms with E-state index < -0.39 is 17.2 Å². The fourth-order valence-electron chi connectivity index (χ4n) is 3.40. The largest absolute Gasteiger partial charge is 0.416 e. The maximum Gasteiger partial charge on any atom is 0.416 e. The maximum atomic E-state index is 13.0. The van der Waals surface area contributed by atoms with Gasteiger partial charge in [0.25, 0.3) is 0 Å². The molecule has 2 aromatic rings. The van der Waals surface area contributed by atoms with Crippen LogP contribution in [0, 0.1) is 0 Å². The molecule has 9 heteroatoms. The van der Waals surface area contributed by atoms with Gasteiger partial charge in [0.2, 0.25) is 5.89 Å². The standard InChI is InChI=1S/C17H19F3N4O.ClH/c1-24-8-7-21-10-13(24)14-22-15(25-23-14)16(5-6-16)11-3-2-4-12(9-11)17(18,19)20;/h2-4,9,13,21H,5-8,10H2,1H3;1H. The first kappa shape index (κ1) is 19.1. The minimum atomic E-state index is -4.36. The summed E-state index contributed by atoms with van der Waals surface area (Å²) in [6.45, 7) is 2.52. The molecule has 0 bridgehead atoms. The lowest BCUT2D eigenvalue weighted by Crippen LogP contribution is -2.44. The lowest BCUT2D eigenvalue weighted by atomic mass is 9.94. The van der Waals surface area contributed by atoms with E-state index in [1.807, 2.05) is 7.05 Å². The number of piperazine rings is 1. The van der Waals surface area contributed by atoms with Gasteiger partial charge in [-0.15, -0.1) is 12.4 Å². The zero-order valence-corrected chi connectivity index (χ0v) is 15.0. The van der Waals surface area contributed by atoms with Gasteiger partial charge in [0.15, 0.2) is 5.82 Å². The van der Waals surface area contributed by atoms with Gasteiger partial charge >= 0.3 is 6.18 Å². The smallest absolute Gasteiger partial charge is 0.338 e. The Hall–Kier alpha value is -1.64. The van der Waals surface area contributed by atoms with Crippen molar-refractivity contribution in [2.75, 3.05) is 26.7 Å². The zero-order valence-electron chi connectivity index (χ0n) is 14.2. The molecule has 0 spiro atoms. The second-order valence-electron chi connectivity index (χ2n) is 6.82. The summed E-state index contributed by atoms with van der Waals surface area (Å²) >= 11 is 0. The summed E-state index contributed by atoms with van der Waals surface area (Å²) < 4.78 is 44.5. The van der Waals surface area contributed by atoms with Gasteiger partial charge in [-0.1, -0.05) is 23.4 Å². The highest BCUT2D eigenvalue weighted by Gasteiger charge is 2.51. The number of alkyl halides is 3. The Bertz CT molecular complexity index is 775. The van der Waals surface area contributed by atoms with Crippen molar-refractivity contribution in [1.29, 1.82) is 0 Å². The average Bonchev–Trinajstić information content (AvgIpc) is 3.26. The van der Waals surface area contributed by atoms with E-state index in [4.69, 9.17) is 4.52 Å². The third kappa shape index (κ3) is 3.33. The zero-order chi connectivity index (χ0) is 17.7. The molecular weight excluding hydrogens is 369 g/mol. The summed E-state index contributed by atoms with van der Waals surface area (Å²) in [6, 6.07) is 5.45. The van der Waals surface area contributed by atoms with Crippen molar-refractivity contribution in [1.82, 2.24) is 20.4 Å². The molecule has 2 aliphatic rings. The number of nitrogens with one attached hydrogen (secondary N) is 1. The summed E-state index contributed by atoms with van der Waals surface area (Å²) in [7, 11) is 2.00. The number of hydrogen-bond donors (Lipinski definition) is 1. The van der Waals surface area contributed by atoms with Crippen LogP contribution in [0.4, 0.5) is 13.2 Å². The molecule has 0 radical (unpaired) electrons. The van der Waals surface area contributed by atoms with E-state index in [1.54, 1.807) is 6.07 Å². The molecule has 5 nitrogen and oxygen atoms in total. The van der Waals surface area contributed by atoms with Gasteiger partial charge in [0, 0.05) is 19.6 Å². The second kappa shape index (κ2) is 6.83. The summed E-state index contributed by atoms with van der Waals surface area (Å²) in [6.07, 6.45) is -2.92. The third-order valence-electron chi connectivity index (χ3n) is 5.15. The summed E-state index contributed by atoms with van der Waals surface area (Å²) in [5.74, 6) is 1.00. The van der Waals surface area contributed by atoms with Crippen LogP contribution in [0.1, 0.15) is 41.7 Å². The molecule has 142 valence electrons. The van der Waals surface area contributed by atoms with Crippen LogP contribution in [0.15, 0.2) is 28.8 Å². The van der Waals surface area contributed by atoms with Gasteiger partial charge in [-0.25, -0.2) is 0 Å². The first-order chi connectivity index (χ1) is 11.9. The molecule has 1 N–H and O–H groups in total. The lowest BCUT2D eigenvalue weighted by molar-refractivity contribution is -0.137. The maximum absolute atomic E-state index is 13.0. The van der Waals surface area contributed by atoms with E-state index in [9.17, 15) is 13.2 Å². The van der Waals surface area contributed by atoms with Crippen molar-refractivity contribution in [3.63, 3.8) is 0 Å². The highest BCUT2D eigenvalue weighted by molar-refractivity contribution is 5.85. The van der Waals surface area contributed by atoms with Crippen LogP contribution in [0.25, 0.3) is 0 Å². The van der Waals surface area contributed by atoms with Crippen molar-refractivity contribution in [3.05, 3.63) is 47.1 Å². The Labute approximate surface area is 155 Å². The van der Waals surface area contributed by atoms with Crippen molar-refractivity contribution in [2.24, 2.45) is 0 Å². The predicted molar refractivity (Wildman–Crippen MR) is 91.2 cm³/mol. The second-order valence-corrected chi connectivity index (χ2v) is 6.82. The molecule has 26 heavy (non-hydrogen) atoms. The Morgan fingerprint density at radius 2 is 2.08 bits per heavy atom. The number of aromatic nitrogens is 2. The van der Waals surface area contributed by atoms with Crippen LogP contribution in [0.5, 0.6) is 0 Å². The molecule has 1 atom stereocenters. The topological polar surface area (TPSA) is 54.2 Å². The molecule has 1 aliphatic heterocycles. The van der Waals surface area contributed by atoms with Crippen LogP contribution >= 0.6 is 12.4 Å². The van der Waals surface area contributed by atoms with Crippen LogP contribution in [0.2, 0.25) is 0 Å². The predicted octanol–water partition coefficient (Wildman–Crippen LogP) is 3.17. The molecule has 0 amide bonds. The minimum Gasteiger partial charge on any atom is -0.338 e. The molecule has 1 aliphatic carbocycles. The average molecular weight is 389 g/mol. The van der Waals surface area contributed by atoms with E-state index in [0.29, 0.717) is 30.1 Å². The monoisotopic (exact) mass is 388 g/mol. The molecule has 1 saturated carbocycles. The summed E-state index contributed by atoms with van der Waals surface area (Å²) in [5.41, 5.74) is -0.632. The Kier molecular flexibility index (Phi) is 5.02. The van der Waals surface area contributed by atoms with E-state index in [1.165, 1.54) is 12.1 Å². The van der Waals surface area contributed by atoms with Gasteiger partial charge in [-0.3, -0.25) is 4.90 Å².